The van der Waals surface area contributed by atoms with E-state index in [4.69, 9.17) is 26.0 Å². The minimum absolute atomic E-state index is 0.00689. The molecule has 6 amide bonds. The number of benzene rings is 2. The normalized spacial score (nSPS) is 20.9. The van der Waals surface area contributed by atoms with Gasteiger partial charge < -0.3 is 67.7 Å². The van der Waals surface area contributed by atoms with Gasteiger partial charge in [-0.2, -0.15) is 0 Å². The third-order valence-corrected chi connectivity index (χ3v) is 12.9. The highest BCUT2D eigenvalue weighted by molar-refractivity contribution is 6.02. The van der Waals surface area contributed by atoms with Crippen molar-refractivity contribution in [1.29, 1.82) is 0 Å². The molecule has 25 nitrogen and oxygen atoms in total. The summed E-state index contributed by atoms with van der Waals surface area (Å²) in [4.78, 5) is 134. The van der Waals surface area contributed by atoms with Crippen LogP contribution in [0, 0.1) is 0 Å². The first-order valence-corrected chi connectivity index (χ1v) is 24.3. The number of fused-ring (bicyclic) bond motifs is 5. The molecular weight excluding hydrogens is 977 g/mol. The summed E-state index contributed by atoms with van der Waals surface area (Å²) in [5.41, 5.74) is 12.2. The maximum atomic E-state index is 14.1. The van der Waals surface area contributed by atoms with Crippen molar-refractivity contribution in [2.75, 3.05) is 26.2 Å². The lowest BCUT2D eigenvalue weighted by Gasteiger charge is -2.31. The van der Waals surface area contributed by atoms with Gasteiger partial charge in [-0.05, 0) is 49.8 Å². The number of nitrogens with two attached hydrogens (primary N) is 2. The van der Waals surface area contributed by atoms with Gasteiger partial charge in [0.1, 0.15) is 37.4 Å². The summed E-state index contributed by atoms with van der Waals surface area (Å²) in [6, 6.07) is 11.7. The molecule has 12 N–H and O–H groups in total. The number of carboxylic acid groups (broad SMARTS) is 1. The number of amides is 6. The van der Waals surface area contributed by atoms with Gasteiger partial charge in [0.15, 0.2) is 11.6 Å². The number of aliphatic imine (C=N–C) groups is 1. The minimum atomic E-state index is -1.99. The number of guanidine groups is 1. The lowest BCUT2D eigenvalue weighted by Crippen LogP contribution is -2.58. The second-order valence-corrected chi connectivity index (χ2v) is 18.0. The molecule has 0 bridgehead atoms. The number of carbonyl (C=O) groups excluding carboxylic acids is 7. The van der Waals surface area contributed by atoms with Gasteiger partial charge in [-0.25, -0.2) is 9.78 Å². The monoisotopic (exact) mass is 1030 g/mol. The zero-order chi connectivity index (χ0) is 53.8. The third-order valence-electron chi connectivity index (χ3n) is 12.9. The molecule has 7 rings (SSSR count). The van der Waals surface area contributed by atoms with Crippen LogP contribution in [0.15, 0.2) is 75.6 Å². The Morgan fingerprint density at radius 1 is 0.893 bits per heavy atom. The molecule has 1 saturated heterocycles. The molecule has 25 heteroatoms. The Morgan fingerprint density at radius 3 is 2.31 bits per heavy atom. The van der Waals surface area contributed by atoms with Crippen molar-refractivity contribution in [3.8, 4) is 11.4 Å². The fourth-order valence-electron chi connectivity index (χ4n) is 8.98. The quantitative estimate of drug-likeness (QED) is 0.0158. The molecule has 5 heterocycles. The summed E-state index contributed by atoms with van der Waals surface area (Å²) < 4.78 is 6.71. The number of ether oxygens (including phenoxy) is 1. The van der Waals surface area contributed by atoms with Crippen LogP contribution in [-0.2, 0) is 73.1 Å². The van der Waals surface area contributed by atoms with Crippen molar-refractivity contribution in [1.82, 2.24) is 41.5 Å². The maximum absolute atomic E-state index is 14.1. The number of carboxylic acids is 1. The molecule has 2 aromatic carbocycles. The van der Waals surface area contributed by atoms with E-state index in [0.717, 1.165) is 5.39 Å². The molecule has 0 aliphatic carbocycles. The van der Waals surface area contributed by atoms with Gasteiger partial charge in [0.2, 0.25) is 35.4 Å². The molecule has 4 aromatic rings. The number of hydrogen-bond acceptors (Lipinski definition) is 15. The number of aliphatic hydroxyl groups is 1. The molecule has 2 aromatic heterocycles. The molecule has 5 atom stereocenters. The van der Waals surface area contributed by atoms with Gasteiger partial charge in [-0.15, -0.1) is 0 Å². The van der Waals surface area contributed by atoms with Crippen molar-refractivity contribution >= 4 is 70.5 Å². The van der Waals surface area contributed by atoms with E-state index in [9.17, 15) is 53.4 Å². The maximum Gasteiger partial charge on any atom is 0.343 e. The first-order valence-electron chi connectivity index (χ1n) is 24.3. The van der Waals surface area contributed by atoms with Gasteiger partial charge in [0.25, 0.3) is 5.56 Å². The molecule has 1 fully saturated rings. The third kappa shape index (κ3) is 13.1. The number of rotatable bonds is 18. The van der Waals surface area contributed by atoms with Gasteiger partial charge >= 0.3 is 11.9 Å². The fourth-order valence-corrected chi connectivity index (χ4v) is 8.98. The van der Waals surface area contributed by atoms with Crippen molar-refractivity contribution in [2.45, 2.75) is 101 Å². The van der Waals surface area contributed by atoms with E-state index in [1.807, 2.05) is 18.2 Å². The van der Waals surface area contributed by atoms with Crippen molar-refractivity contribution in [2.24, 2.45) is 21.6 Å². The number of cyclic esters (lactones) is 1. The molecule has 0 saturated carbocycles. The highest BCUT2D eigenvalue weighted by atomic mass is 16.6. The number of esters is 1. The number of carbonyl (C=O) groups is 8. The standard InChI is InChI=1S/C50H58N12O13/c1-2-50(73)32-21-38-42-30(25-62(38)47(71)31(32)26-74-48(50)72)29(28-12-6-7-13-33(28)58-42)23-56-75-19-18-53-39(63)16-8-14-35-45(69)60-36(20-27-10-4-3-5-11-27)46(70)61-37(22-41(65)66)43(67)55-24-40(64)57-34(44(68)59-35)15-9-17-54-49(51)52/h3-7,10-13,21,23,34-37,73H,2,8-9,14-20,22,24-26H2,1H3,(H,53,63)(H,55,67)(H,57,64)(H,59,68)(H,60,69)(H,61,70)(H,65,66)(H4,51,52,54)/b56-23+/t34?,35?,36?,37?,50-/m0/s1. The Morgan fingerprint density at radius 2 is 1.57 bits per heavy atom. The Kier molecular flexibility index (Phi) is 17.5. The van der Waals surface area contributed by atoms with Gasteiger partial charge in [-0.3, -0.25) is 43.3 Å². The van der Waals surface area contributed by atoms with E-state index in [1.165, 1.54) is 10.8 Å². The highest BCUT2D eigenvalue weighted by Crippen LogP contribution is 2.40. The number of pyridine rings is 2. The van der Waals surface area contributed by atoms with Crippen molar-refractivity contribution < 1.29 is 58.1 Å². The molecular formula is C50H58N12O13. The number of aliphatic carboxylic acids is 1. The Balaban J connectivity index is 1.02. The predicted octanol–water partition coefficient (Wildman–Crippen LogP) is -1.44. The second kappa shape index (κ2) is 24.3. The molecule has 75 heavy (non-hydrogen) atoms. The van der Waals surface area contributed by atoms with Crippen LogP contribution in [0.25, 0.3) is 22.3 Å². The molecule has 3 aliphatic rings. The predicted molar refractivity (Wildman–Crippen MR) is 268 cm³/mol. The van der Waals surface area contributed by atoms with E-state index in [2.05, 4.69) is 42.0 Å². The second-order valence-electron chi connectivity index (χ2n) is 18.0. The zero-order valence-electron chi connectivity index (χ0n) is 40.9. The smallest absolute Gasteiger partial charge is 0.343 e. The van der Waals surface area contributed by atoms with Crippen LogP contribution in [0.3, 0.4) is 0 Å². The van der Waals surface area contributed by atoms with Gasteiger partial charge in [-0.1, -0.05) is 60.6 Å². The van der Waals surface area contributed by atoms with Crippen LogP contribution < -0.4 is 48.9 Å². The first kappa shape index (κ1) is 54.0. The van der Waals surface area contributed by atoms with E-state index in [0.29, 0.717) is 33.6 Å². The molecule has 3 aliphatic heterocycles. The number of oxime groups is 1. The summed E-state index contributed by atoms with van der Waals surface area (Å²) in [7, 11) is 0. The topological polar surface area (TPSA) is 379 Å². The van der Waals surface area contributed by atoms with Crippen molar-refractivity contribution in [3.63, 3.8) is 0 Å². The van der Waals surface area contributed by atoms with Gasteiger partial charge in [0.05, 0.1) is 54.7 Å². The van der Waals surface area contributed by atoms with E-state index >= 15 is 0 Å². The summed E-state index contributed by atoms with van der Waals surface area (Å²) in [6.45, 7) is 0.800. The van der Waals surface area contributed by atoms with Crippen molar-refractivity contribution in [3.05, 3.63) is 98.8 Å². The summed E-state index contributed by atoms with van der Waals surface area (Å²) in [6.07, 6.45) is 0.473. The number of para-hydroxylation sites is 1. The SMILES string of the molecule is CC[C@@]1(O)C(=O)OCc2c1cc1n(c2=O)Cc2c-1nc1ccccc1c2/C=N/OCCNC(=O)CCCC1NC(=O)C(CCCN=C(N)N)NC(=O)CNC(=O)C(CC(=O)O)NC(=O)C(Cc2ccccc2)NC1=O. The Labute approximate surface area is 428 Å². The number of hydrogen-bond donors (Lipinski definition) is 10. The fraction of sp³-hybridized carbons (Fsp3) is 0.400. The summed E-state index contributed by atoms with van der Waals surface area (Å²) >= 11 is 0. The summed E-state index contributed by atoms with van der Waals surface area (Å²) in [5.74, 6) is -7.30. The number of nitrogens with zero attached hydrogens (tertiary/aromatic N) is 4. The van der Waals surface area contributed by atoms with Crippen LogP contribution in [0.2, 0.25) is 0 Å². The van der Waals surface area contributed by atoms with Crippen LogP contribution in [0.1, 0.15) is 79.7 Å². The summed E-state index contributed by atoms with van der Waals surface area (Å²) in [5, 5.41) is 40.9. The highest BCUT2D eigenvalue weighted by Gasteiger charge is 2.45. The molecule has 0 radical (unpaired) electrons. The van der Waals surface area contributed by atoms with Crippen LogP contribution >= 0.6 is 0 Å². The lowest BCUT2D eigenvalue weighted by molar-refractivity contribution is -0.172. The Hall–Kier alpha value is -8.74. The number of aromatic nitrogens is 2. The largest absolute Gasteiger partial charge is 0.481 e. The number of nitrogens with one attached hydrogen (secondary N) is 6. The molecule has 4 unspecified atom stereocenters. The van der Waals surface area contributed by atoms with E-state index < -0.39 is 95.7 Å². The van der Waals surface area contributed by atoms with Gasteiger partial charge in [0, 0.05) is 41.5 Å². The average Bonchev–Trinajstić information content (AvgIpc) is 3.76. The Bertz CT molecular complexity index is 3000. The van der Waals surface area contributed by atoms with Crippen LogP contribution in [-0.4, -0.2) is 130 Å². The van der Waals surface area contributed by atoms with E-state index in [1.54, 1.807) is 49.4 Å². The molecule has 0 spiro atoms. The van der Waals surface area contributed by atoms with Crippen LogP contribution in [0.4, 0.5) is 0 Å². The lowest BCUT2D eigenvalue weighted by atomic mass is 9.86. The average molecular weight is 1040 g/mol. The van der Waals surface area contributed by atoms with Crippen LogP contribution in [0.5, 0.6) is 0 Å². The molecule has 396 valence electrons. The van der Waals surface area contributed by atoms with E-state index in [-0.39, 0.29) is 94.9 Å². The first-order chi connectivity index (χ1) is 36.0. The minimum Gasteiger partial charge on any atom is -0.481 e. The zero-order valence-corrected chi connectivity index (χ0v) is 40.9.